The lowest BCUT2D eigenvalue weighted by atomic mass is 10.1. The molecule has 0 fully saturated rings. The lowest BCUT2D eigenvalue weighted by Crippen LogP contribution is -2.51. The molecule has 0 aliphatic carbocycles. The van der Waals surface area contributed by atoms with Crippen molar-refractivity contribution in [1.29, 1.82) is 0 Å². The van der Waals surface area contributed by atoms with Gasteiger partial charge in [-0.05, 0) is 48.9 Å². The van der Waals surface area contributed by atoms with E-state index in [0.29, 0.717) is 18.7 Å². The second-order valence-electron chi connectivity index (χ2n) is 8.38. The van der Waals surface area contributed by atoms with Gasteiger partial charge in [-0.3, -0.25) is 9.59 Å². The van der Waals surface area contributed by atoms with Gasteiger partial charge >= 0.3 is 0 Å². The second-order valence-corrected chi connectivity index (χ2v) is 8.38. The molecule has 3 aromatic rings. The van der Waals surface area contributed by atoms with Gasteiger partial charge in [0.05, 0.1) is 7.11 Å². The van der Waals surface area contributed by atoms with Crippen LogP contribution in [0.2, 0.25) is 0 Å². The van der Waals surface area contributed by atoms with E-state index in [-0.39, 0.29) is 24.5 Å². The van der Waals surface area contributed by atoms with Crippen LogP contribution in [0.15, 0.2) is 66.7 Å². The van der Waals surface area contributed by atoms with Crippen LogP contribution in [0.25, 0.3) is 10.8 Å². The van der Waals surface area contributed by atoms with Gasteiger partial charge in [-0.1, -0.05) is 62.4 Å². The molecular formula is C28H34N2O4. The Bertz CT molecular complexity index is 1090. The number of nitrogens with one attached hydrogen (secondary N) is 1. The SMILES string of the molecule is CC[C@@H](C)NC(=O)[C@@H](CC)N(Cc1ccc(OC)cc1)C(=O)COc1cccc2ccccc12. The van der Waals surface area contributed by atoms with E-state index in [0.717, 1.165) is 28.5 Å². The topological polar surface area (TPSA) is 67.9 Å². The Kier molecular flexibility index (Phi) is 8.91. The van der Waals surface area contributed by atoms with Crippen LogP contribution in [0.3, 0.4) is 0 Å². The summed E-state index contributed by atoms with van der Waals surface area (Å²) in [5.41, 5.74) is 0.911. The monoisotopic (exact) mass is 462 g/mol. The van der Waals surface area contributed by atoms with E-state index in [4.69, 9.17) is 9.47 Å². The third-order valence-electron chi connectivity index (χ3n) is 6.00. The Balaban J connectivity index is 1.82. The average Bonchev–Trinajstić information content (AvgIpc) is 2.87. The minimum absolute atomic E-state index is 0.0337. The molecule has 180 valence electrons. The number of amides is 2. The van der Waals surface area contributed by atoms with Gasteiger partial charge in [0.1, 0.15) is 17.5 Å². The molecule has 0 aliphatic rings. The van der Waals surface area contributed by atoms with Gasteiger partial charge in [0.2, 0.25) is 5.91 Å². The number of hydrogen-bond acceptors (Lipinski definition) is 4. The molecular weight excluding hydrogens is 428 g/mol. The number of nitrogens with zero attached hydrogens (tertiary/aromatic N) is 1. The Hall–Kier alpha value is -3.54. The lowest BCUT2D eigenvalue weighted by Gasteiger charge is -2.31. The summed E-state index contributed by atoms with van der Waals surface area (Å²) in [6.45, 7) is 6.04. The van der Waals surface area contributed by atoms with Gasteiger partial charge in [0, 0.05) is 18.0 Å². The zero-order valence-corrected chi connectivity index (χ0v) is 20.4. The predicted molar refractivity (Wildman–Crippen MR) is 135 cm³/mol. The summed E-state index contributed by atoms with van der Waals surface area (Å²) in [6, 6.07) is 20.6. The smallest absolute Gasteiger partial charge is 0.261 e. The first-order chi connectivity index (χ1) is 16.5. The summed E-state index contributed by atoms with van der Waals surface area (Å²) >= 11 is 0. The molecule has 0 saturated heterocycles. The standard InChI is InChI=1S/C28H34N2O4/c1-5-20(3)29-28(32)25(6-2)30(18-21-14-16-23(33-4)17-15-21)27(31)19-34-26-13-9-11-22-10-7-8-12-24(22)26/h7-17,20,25H,5-6,18-19H2,1-4H3,(H,29,32)/t20-,25-/m1/s1. The fourth-order valence-corrected chi connectivity index (χ4v) is 3.83. The first-order valence-electron chi connectivity index (χ1n) is 11.8. The number of methoxy groups -OCH3 is 1. The Morgan fingerprint density at radius 3 is 2.32 bits per heavy atom. The fourth-order valence-electron chi connectivity index (χ4n) is 3.83. The van der Waals surface area contributed by atoms with E-state index in [1.54, 1.807) is 12.0 Å². The molecule has 3 aromatic carbocycles. The highest BCUT2D eigenvalue weighted by Crippen LogP contribution is 2.25. The van der Waals surface area contributed by atoms with Crippen molar-refractivity contribution in [3.63, 3.8) is 0 Å². The molecule has 2 amide bonds. The molecule has 0 aromatic heterocycles. The molecule has 34 heavy (non-hydrogen) atoms. The van der Waals surface area contributed by atoms with Gasteiger partial charge in [-0.15, -0.1) is 0 Å². The van der Waals surface area contributed by atoms with Crippen molar-refractivity contribution < 1.29 is 19.1 Å². The summed E-state index contributed by atoms with van der Waals surface area (Å²) < 4.78 is 11.2. The highest BCUT2D eigenvalue weighted by molar-refractivity contribution is 5.90. The second kappa shape index (κ2) is 12.1. The number of benzene rings is 3. The largest absolute Gasteiger partial charge is 0.497 e. The van der Waals surface area contributed by atoms with Crippen molar-refractivity contribution in [3.8, 4) is 11.5 Å². The molecule has 1 N–H and O–H groups in total. The molecule has 3 rings (SSSR count). The Labute approximate surface area is 201 Å². The highest BCUT2D eigenvalue weighted by Gasteiger charge is 2.29. The summed E-state index contributed by atoms with van der Waals surface area (Å²) in [5.74, 6) is 0.995. The normalized spacial score (nSPS) is 12.6. The van der Waals surface area contributed by atoms with Crippen molar-refractivity contribution in [2.75, 3.05) is 13.7 Å². The third kappa shape index (κ3) is 6.28. The van der Waals surface area contributed by atoms with E-state index < -0.39 is 6.04 Å². The van der Waals surface area contributed by atoms with E-state index in [2.05, 4.69) is 5.32 Å². The van der Waals surface area contributed by atoms with Gasteiger partial charge in [-0.2, -0.15) is 0 Å². The lowest BCUT2D eigenvalue weighted by molar-refractivity contribution is -0.143. The molecule has 0 radical (unpaired) electrons. The van der Waals surface area contributed by atoms with Crippen molar-refractivity contribution in [1.82, 2.24) is 10.2 Å². The summed E-state index contributed by atoms with van der Waals surface area (Å²) in [6.07, 6.45) is 1.32. The van der Waals surface area contributed by atoms with Gasteiger partial charge < -0.3 is 19.7 Å². The fraction of sp³-hybridized carbons (Fsp3) is 0.357. The number of carbonyl (C=O) groups is 2. The van der Waals surface area contributed by atoms with E-state index in [1.807, 2.05) is 87.5 Å². The minimum atomic E-state index is -0.597. The molecule has 0 spiro atoms. The molecule has 2 atom stereocenters. The summed E-state index contributed by atoms with van der Waals surface area (Å²) in [5, 5.41) is 5.01. The number of rotatable bonds is 11. The molecule has 0 heterocycles. The maximum absolute atomic E-state index is 13.4. The van der Waals surface area contributed by atoms with E-state index in [9.17, 15) is 9.59 Å². The summed E-state index contributed by atoms with van der Waals surface area (Å²) in [4.78, 5) is 28.1. The van der Waals surface area contributed by atoms with Crippen molar-refractivity contribution in [2.45, 2.75) is 52.2 Å². The van der Waals surface area contributed by atoms with Crippen LogP contribution in [0.5, 0.6) is 11.5 Å². The van der Waals surface area contributed by atoms with E-state index in [1.165, 1.54) is 0 Å². The predicted octanol–water partition coefficient (Wildman–Crippen LogP) is 4.95. The van der Waals surface area contributed by atoms with Crippen molar-refractivity contribution >= 4 is 22.6 Å². The summed E-state index contributed by atoms with van der Waals surface area (Å²) in [7, 11) is 1.61. The van der Waals surface area contributed by atoms with Crippen LogP contribution < -0.4 is 14.8 Å². The zero-order chi connectivity index (χ0) is 24.5. The third-order valence-corrected chi connectivity index (χ3v) is 6.00. The van der Waals surface area contributed by atoms with Gasteiger partial charge in [0.15, 0.2) is 6.61 Å². The average molecular weight is 463 g/mol. The van der Waals surface area contributed by atoms with E-state index >= 15 is 0 Å². The Morgan fingerprint density at radius 2 is 1.65 bits per heavy atom. The minimum Gasteiger partial charge on any atom is -0.497 e. The molecule has 0 unspecified atom stereocenters. The van der Waals surface area contributed by atoms with Gasteiger partial charge in [-0.25, -0.2) is 0 Å². The molecule has 0 aliphatic heterocycles. The maximum Gasteiger partial charge on any atom is 0.261 e. The quantitative estimate of drug-likeness (QED) is 0.438. The van der Waals surface area contributed by atoms with Crippen LogP contribution in [0.1, 0.15) is 39.2 Å². The molecule has 0 bridgehead atoms. The first-order valence-corrected chi connectivity index (χ1v) is 11.8. The van der Waals surface area contributed by atoms with Crippen LogP contribution in [0.4, 0.5) is 0 Å². The Morgan fingerprint density at radius 1 is 0.941 bits per heavy atom. The molecule has 0 saturated carbocycles. The van der Waals surface area contributed by atoms with Crippen LogP contribution in [-0.2, 0) is 16.1 Å². The zero-order valence-electron chi connectivity index (χ0n) is 20.4. The number of hydrogen-bond donors (Lipinski definition) is 1. The van der Waals surface area contributed by atoms with Crippen molar-refractivity contribution in [2.24, 2.45) is 0 Å². The van der Waals surface area contributed by atoms with Crippen LogP contribution in [-0.4, -0.2) is 42.5 Å². The number of carbonyl (C=O) groups excluding carboxylic acids is 2. The van der Waals surface area contributed by atoms with Crippen LogP contribution in [0, 0.1) is 0 Å². The number of fused-ring (bicyclic) bond motifs is 1. The first kappa shape index (κ1) is 25.1. The maximum atomic E-state index is 13.4. The molecule has 6 nitrogen and oxygen atoms in total. The van der Waals surface area contributed by atoms with Gasteiger partial charge in [0.25, 0.3) is 5.91 Å². The molecule has 6 heteroatoms. The highest BCUT2D eigenvalue weighted by atomic mass is 16.5. The van der Waals surface area contributed by atoms with Crippen LogP contribution >= 0.6 is 0 Å². The van der Waals surface area contributed by atoms with Crippen molar-refractivity contribution in [3.05, 3.63) is 72.3 Å². The number of ether oxygens (including phenoxy) is 2.